The van der Waals surface area contributed by atoms with E-state index in [1.807, 2.05) is 49.2 Å². The van der Waals surface area contributed by atoms with Crippen LogP contribution in [0.3, 0.4) is 0 Å². The van der Waals surface area contributed by atoms with Crippen LogP contribution in [0.4, 0.5) is 5.69 Å². The third-order valence-corrected chi connectivity index (χ3v) is 3.20. The molecule has 4 heteroatoms. The minimum Gasteiger partial charge on any atom is -0.481 e. The second-order valence-corrected chi connectivity index (χ2v) is 4.92. The van der Waals surface area contributed by atoms with Crippen molar-refractivity contribution in [3.63, 3.8) is 0 Å². The normalized spacial score (nSPS) is 12.4. The van der Waals surface area contributed by atoms with Gasteiger partial charge in [0, 0.05) is 30.4 Å². The molecule has 0 saturated heterocycles. The Hall–Kier alpha value is -2.10. The maximum absolute atomic E-state index is 11.0. The van der Waals surface area contributed by atoms with Gasteiger partial charge in [-0.2, -0.15) is 0 Å². The Morgan fingerprint density at radius 2 is 2.11 bits per heavy atom. The molecule has 1 atom stereocenters. The average Bonchev–Trinajstić information content (AvgIpc) is 2.37. The number of fused-ring (bicyclic) bond motifs is 1. The minimum absolute atomic E-state index is 0.405. The topological polar surface area (TPSA) is 53.4 Å². The number of carboxylic acids is 1. The number of aryl methyl sites for hydroxylation is 1. The van der Waals surface area contributed by atoms with Crippen LogP contribution in [0.25, 0.3) is 10.9 Å². The summed E-state index contributed by atoms with van der Waals surface area (Å²) in [5.41, 5.74) is 2.90. The quantitative estimate of drug-likeness (QED) is 0.916. The van der Waals surface area contributed by atoms with E-state index in [9.17, 15) is 4.79 Å². The van der Waals surface area contributed by atoms with Gasteiger partial charge in [-0.05, 0) is 19.1 Å². The number of aromatic nitrogens is 1. The Kier molecular flexibility index (Phi) is 3.69. The van der Waals surface area contributed by atoms with E-state index in [0.717, 1.165) is 22.3 Å². The van der Waals surface area contributed by atoms with E-state index in [1.54, 1.807) is 6.92 Å². The van der Waals surface area contributed by atoms with E-state index >= 15 is 0 Å². The van der Waals surface area contributed by atoms with Crippen LogP contribution in [0.5, 0.6) is 0 Å². The van der Waals surface area contributed by atoms with Crippen molar-refractivity contribution in [2.45, 2.75) is 13.8 Å². The molecule has 0 spiro atoms. The van der Waals surface area contributed by atoms with Crippen molar-refractivity contribution in [3.8, 4) is 0 Å². The van der Waals surface area contributed by atoms with Gasteiger partial charge in [-0.1, -0.05) is 25.1 Å². The largest absolute Gasteiger partial charge is 0.481 e. The summed E-state index contributed by atoms with van der Waals surface area (Å²) in [6.07, 6.45) is 0. The Balaban J connectivity index is 2.41. The molecule has 1 N–H and O–H groups in total. The number of benzene rings is 1. The van der Waals surface area contributed by atoms with Crippen LogP contribution >= 0.6 is 0 Å². The number of pyridine rings is 1. The fourth-order valence-corrected chi connectivity index (χ4v) is 2.19. The molecular formula is C15H18N2O2. The number of aliphatic carboxylic acids is 1. The highest BCUT2D eigenvalue weighted by Crippen LogP contribution is 2.26. The number of hydrogen-bond acceptors (Lipinski definition) is 3. The predicted molar refractivity (Wildman–Crippen MR) is 76.5 cm³/mol. The average molecular weight is 258 g/mol. The number of para-hydroxylation sites is 1. The first-order chi connectivity index (χ1) is 8.99. The zero-order chi connectivity index (χ0) is 14.0. The molecule has 0 aliphatic heterocycles. The lowest BCUT2D eigenvalue weighted by Gasteiger charge is -2.23. The first-order valence-electron chi connectivity index (χ1n) is 6.29. The lowest BCUT2D eigenvalue weighted by molar-refractivity contribution is -0.140. The van der Waals surface area contributed by atoms with Gasteiger partial charge < -0.3 is 10.0 Å². The summed E-state index contributed by atoms with van der Waals surface area (Å²) in [5, 5.41) is 10.1. The van der Waals surface area contributed by atoms with Crippen LogP contribution in [0.1, 0.15) is 12.6 Å². The summed E-state index contributed by atoms with van der Waals surface area (Å²) in [4.78, 5) is 17.4. The second kappa shape index (κ2) is 5.26. The maximum Gasteiger partial charge on any atom is 0.308 e. The predicted octanol–water partition coefficient (Wildman–Crippen LogP) is 2.70. The fourth-order valence-electron chi connectivity index (χ4n) is 2.19. The highest BCUT2D eigenvalue weighted by Gasteiger charge is 2.15. The van der Waals surface area contributed by atoms with Crippen LogP contribution < -0.4 is 4.90 Å². The molecule has 0 fully saturated rings. The fraction of sp³-hybridized carbons (Fsp3) is 0.333. The first kappa shape index (κ1) is 13.3. The summed E-state index contributed by atoms with van der Waals surface area (Å²) in [6.45, 7) is 4.14. The number of hydrogen-bond donors (Lipinski definition) is 1. The van der Waals surface area contributed by atoms with Crippen molar-refractivity contribution in [2.75, 3.05) is 18.5 Å². The number of carboxylic acid groups (broad SMARTS) is 1. The van der Waals surface area contributed by atoms with Crippen LogP contribution in [0.2, 0.25) is 0 Å². The molecule has 0 bridgehead atoms. The summed E-state index contributed by atoms with van der Waals surface area (Å²) < 4.78 is 0. The molecule has 0 amide bonds. The van der Waals surface area contributed by atoms with Crippen molar-refractivity contribution in [3.05, 3.63) is 36.0 Å². The monoisotopic (exact) mass is 258 g/mol. The molecule has 100 valence electrons. The maximum atomic E-state index is 11.0. The van der Waals surface area contributed by atoms with Crippen molar-refractivity contribution in [1.82, 2.24) is 4.98 Å². The molecule has 1 aromatic carbocycles. The Bertz CT molecular complexity index is 610. The number of carbonyl (C=O) groups is 1. The SMILES string of the molecule is Cc1cc(N(C)CC(C)C(=O)O)c2ccccc2n1. The van der Waals surface area contributed by atoms with Crippen molar-refractivity contribution < 1.29 is 9.90 Å². The molecule has 0 aliphatic rings. The second-order valence-electron chi connectivity index (χ2n) is 4.92. The molecule has 19 heavy (non-hydrogen) atoms. The van der Waals surface area contributed by atoms with E-state index in [1.165, 1.54) is 0 Å². The van der Waals surface area contributed by atoms with Gasteiger partial charge in [-0.15, -0.1) is 0 Å². The van der Waals surface area contributed by atoms with Crippen molar-refractivity contribution in [2.24, 2.45) is 5.92 Å². The molecule has 0 saturated carbocycles. The number of nitrogens with zero attached hydrogens (tertiary/aromatic N) is 2. The van der Waals surface area contributed by atoms with E-state index in [-0.39, 0.29) is 0 Å². The summed E-state index contributed by atoms with van der Waals surface area (Å²) in [6, 6.07) is 9.91. The standard InChI is InChI=1S/C15H18N2O2/c1-10(15(18)19)9-17(3)14-8-11(2)16-13-7-5-4-6-12(13)14/h4-8,10H,9H2,1-3H3,(H,18,19). The summed E-state index contributed by atoms with van der Waals surface area (Å²) in [5.74, 6) is -1.18. The molecule has 2 rings (SSSR count). The molecule has 1 aromatic heterocycles. The van der Waals surface area contributed by atoms with Crippen molar-refractivity contribution in [1.29, 1.82) is 0 Å². The van der Waals surface area contributed by atoms with Gasteiger partial charge in [0.25, 0.3) is 0 Å². The van der Waals surface area contributed by atoms with E-state index in [0.29, 0.717) is 6.54 Å². The highest BCUT2D eigenvalue weighted by atomic mass is 16.4. The van der Waals surface area contributed by atoms with Gasteiger partial charge in [0.1, 0.15) is 0 Å². The van der Waals surface area contributed by atoms with Gasteiger partial charge in [0.05, 0.1) is 11.4 Å². The highest BCUT2D eigenvalue weighted by molar-refractivity contribution is 5.92. The molecule has 4 nitrogen and oxygen atoms in total. The zero-order valence-corrected chi connectivity index (χ0v) is 11.4. The third kappa shape index (κ3) is 2.84. The van der Waals surface area contributed by atoms with Crippen LogP contribution in [0.15, 0.2) is 30.3 Å². The zero-order valence-electron chi connectivity index (χ0n) is 11.4. The van der Waals surface area contributed by atoms with Crippen LogP contribution in [0, 0.1) is 12.8 Å². The van der Waals surface area contributed by atoms with Gasteiger partial charge >= 0.3 is 5.97 Å². The number of rotatable bonds is 4. The first-order valence-corrected chi connectivity index (χ1v) is 6.29. The minimum atomic E-state index is -0.776. The Labute approximate surface area is 112 Å². The smallest absolute Gasteiger partial charge is 0.308 e. The number of anilines is 1. The summed E-state index contributed by atoms with van der Waals surface area (Å²) in [7, 11) is 1.92. The van der Waals surface area contributed by atoms with Gasteiger partial charge in [0.2, 0.25) is 0 Å². The molecule has 1 unspecified atom stereocenters. The van der Waals surface area contributed by atoms with E-state index in [4.69, 9.17) is 5.11 Å². The van der Waals surface area contributed by atoms with Gasteiger partial charge in [0.15, 0.2) is 0 Å². The van der Waals surface area contributed by atoms with E-state index < -0.39 is 11.9 Å². The molecule has 0 radical (unpaired) electrons. The summed E-state index contributed by atoms with van der Waals surface area (Å²) >= 11 is 0. The van der Waals surface area contributed by atoms with Crippen LogP contribution in [-0.4, -0.2) is 29.7 Å². The third-order valence-electron chi connectivity index (χ3n) is 3.20. The van der Waals surface area contributed by atoms with Crippen LogP contribution in [-0.2, 0) is 4.79 Å². The van der Waals surface area contributed by atoms with Crippen molar-refractivity contribution >= 4 is 22.6 Å². The lowest BCUT2D eigenvalue weighted by atomic mass is 10.1. The molecule has 2 aromatic rings. The lowest BCUT2D eigenvalue weighted by Crippen LogP contribution is -2.28. The Morgan fingerprint density at radius 3 is 2.79 bits per heavy atom. The van der Waals surface area contributed by atoms with E-state index in [2.05, 4.69) is 4.98 Å². The molecule has 1 heterocycles. The Morgan fingerprint density at radius 1 is 1.42 bits per heavy atom. The van der Waals surface area contributed by atoms with Gasteiger partial charge in [-0.3, -0.25) is 9.78 Å². The molecular weight excluding hydrogens is 240 g/mol. The molecule has 0 aliphatic carbocycles. The van der Waals surface area contributed by atoms with Gasteiger partial charge in [-0.25, -0.2) is 0 Å².